The van der Waals surface area contributed by atoms with Gasteiger partial charge in [0.1, 0.15) is 0 Å². The third kappa shape index (κ3) is 3.67. The molecule has 0 unspecified atom stereocenters. The Morgan fingerprint density at radius 1 is 1.15 bits per heavy atom. The average Bonchev–Trinajstić information content (AvgIpc) is 2.41. The van der Waals surface area contributed by atoms with Gasteiger partial charge in [0, 0.05) is 9.77 Å². The van der Waals surface area contributed by atoms with Crippen molar-refractivity contribution in [3.05, 3.63) is 51.9 Å². The van der Waals surface area contributed by atoms with Crippen molar-refractivity contribution < 1.29 is 14.7 Å². The molecule has 1 heterocycles. The zero-order chi connectivity index (χ0) is 14.5. The fourth-order valence-corrected chi connectivity index (χ4v) is 1.99. The predicted molar refractivity (Wildman–Crippen MR) is 83.0 cm³/mol. The molecule has 1 aromatic carbocycles. The zero-order valence-electron chi connectivity index (χ0n) is 10.1. The number of aromatic carboxylic acids is 1. The van der Waals surface area contributed by atoms with Gasteiger partial charge < -0.3 is 15.7 Å². The molecule has 0 aliphatic carbocycles. The van der Waals surface area contributed by atoms with Gasteiger partial charge in [0.15, 0.2) is 0 Å². The lowest BCUT2D eigenvalue weighted by Crippen LogP contribution is -2.20. The van der Waals surface area contributed by atoms with Gasteiger partial charge in [-0.2, -0.15) is 0 Å². The number of carboxylic acid groups (broad SMARTS) is 1. The Kier molecular flexibility index (Phi) is 4.51. The van der Waals surface area contributed by atoms with Gasteiger partial charge in [0.25, 0.3) is 0 Å². The minimum absolute atomic E-state index is 0.0112. The van der Waals surface area contributed by atoms with Crippen molar-refractivity contribution in [2.75, 3.05) is 10.6 Å². The number of hydrogen-bond donors (Lipinski definition) is 3. The number of para-hydroxylation sites is 1. The van der Waals surface area contributed by atoms with Gasteiger partial charge in [-0.05, 0) is 40.8 Å². The highest BCUT2D eigenvalue weighted by molar-refractivity contribution is 14.1. The maximum Gasteiger partial charge on any atom is 0.337 e. The molecule has 2 amide bonds. The SMILES string of the molecule is O=C(Nc1cncc(C(=O)O)c1)Nc1ccccc1I. The van der Waals surface area contributed by atoms with Crippen LogP contribution in [0.2, 0.25) is 0 Å². The summed E-state index contributed by atoms with van der Waals surface area (Å²) in [6, 6.07) is 8.19. The minimum Gasteiger partial charge on any atom is -0.478 e. The number of hydrogen-bond acceptors (Lipinski definition) is 3. The standard InChI is InChI=1S/C13H10IN3O3/c14-10-3-1-2-4-11(10)17-13(20)16-9-5-8(12(18)19)6-15-7-9/h1-7H,(H,18,19)(H2,16,17,20). The summed E-state index contributed by atoms with van der Waals surface area (Å²) in [5.74, 6) is -1.10. The van der Waals surface area contributed by atoms with Crippen molar-refractivity contribution in [1.82, 2.24) is 4.98 Å². The molecule has 2 aromatic rings. The van der Waals surface area contributed by atoms with Crippen LogP contribution in [0.1, 0.15) is 10.4 Å². The van der Waals surface area contributed by atoms with E-state index in [1.807, 2.05) is 18.2 Å². The highest BCUT2D eigenvalue weighted by atomic mass is 127. The first kappa shape index (κ1) is 14.3. The van der Waals surface area contributed by atoms with Gasteiger partial charge in [-0.3, -0.25) is 4.98 Å². The molecule has 6 nitrogen and oxygen atoms in total. The van der Waals surface area contributed by atoms with Gasteiger partial charge >= 0.3 is 12.0 Å². The molecule has 2 rings (SSSR count). The summed E-state index contributed by atoms with van der Waals surface area (Å²) in [6.45, 7) is 0. The second kappa shape index (κ2) is 6.33. The summed E-state index contributed by atoms with van der Waals surface area (Å²) in [5, 5.41) is 14.1. The molecular weight excluding hydrogens is 373 g/mol. The molecule has 7 heteroatoms. The molecule has 0 bridgehead atoms. The number of aromatic nitrogens is 1. The Labute approximate surface area is 128 Å². The van der Waals surface area contributed by atoms with Crippen LogP contribution in [0.5, 0.6) is 0 Å². The van der Waals surface area contributed by atoms with Crippen LogP contribution in [0.4, 0.5) is 16.2 Å². The van der Waals surface area contributed by atoms with E-state index in [-0.39, 0.29) is 5.56 Å². The highest BCUT2D eigenvalue weighted by Crippen LogP contribution is 2.17. The van der Waals surface area contributed by atoms with E-state index in [2.05, 4.69) is 38.2 Å². The average molecular weight is 383 g/mol. The fourth-order valence-electron chi connectivity index (χ4n) is 1.47. The quantitative estimate of drug-likeness (QED) is 0.711. The Morgan fingerprint density at radius 3 is 2.60 bits per heavy atom. The predicted octanol–water partition coefficient (Wildman–Crippen LogP) is 3.03. The first-order valence-electron chi connectivity index (χ1n) is 5.57. The molecule has 20 heavy (non-hydrogen) atoms. The van der Waals surface area contributed by atoms with E-state index in [4.69, 9.17) is 5.11 Å². The Balaban J connectivity index is 2.07. The van der Waals surface area contributed by atoms with Crippen molar-refractivity contribution in [3.63, 3.8) is 0 Å². The third-order valence-corrected chi connectivity index (χ3v) is 3.31. The summed E-state index contributed by atoms with van der Waals surface area (Å²) < 4.78 is 0.901. The van der Waals surface area contributed by atoms with Gasteiger partial charge in [-0.25, -0.2) is 9.59 Å². The number of carbonyl (C=O) groups excluding carboxylic acids is 1. The summed E-state index contributed by atoms with van der Waals surface area (Å²) in [7, 11) is 0. The Hall–Kier alpha value is -2.16. The summed E-state index contributed by atoms with van der Waals surface area (Å²) in [6.07, 6.45) is 2.59. The van der Waals surface area contributed by atoms with Gasteiger partial charge in [0.05, 0.1) is 23.1 Å². The molecule has 1 aromatic heterocycles. The summed E-state index contributed by atoms with van der Waals surface area (Å²) in [4.78, 5) is 26.4. The number of amides is 2. The molecule has 0 aliphatic heterocycles. The summed E-state index contributed by atoms with van der Waals surface area (Å²) >= 11 is 2.11. The lowest BCUT2D eigenvalue weighted by Gasteiger charge is -2.09. The number of urea groups is 1. The van der Waals surface area contributed by atoms with Crippen molar-refractivity contribution in [2.24, 2.45) is 0 Å². The van der Waals surface area contributed by atoms with Crippen LogP contribution in [-0.4, -0.2) is 22.1 Å². The highest BCUT2D eigenvalue weighted by Gasteiger charge is 2.08. The molecule has 0 aliphatic rings. The van der Waals surface area contributed by atoms with Crippen LogP contribution in [0.15, 0.2) is 42.7 Å². The fraction of sp³-hybridized carbons (Fsp3) is 0. The first-order valence-corrected chi connectivity index (χ1v) is 6.65. The maximum absolute atomic E-state index is 11.8. The van der Waals surface area contributed by atoms with E-state index >= 15 is 0 Å². The van der Waals surface area contributed by atoms with E-state index < -0.39 is 12.0 Å². The Morgan fingerprint density at radius 2 is 1.90 bits per heavy atom. The lowest BCUT2D eigenvalue weighted by atomic mass is 10.2. The molecule has 102 valence electrons. The van der Waals surface area contributed by atoms with E-state index in [9.17, 15) is 9.59 Å². The number of pyridine rings is 1. The molecule has 0 fully saturated rings. The molecular formula is C13H10IN3O3. The molecule has 3 N–H and O–H groups in total. The van der Waals surface area contributed by atoms with Crippen LogP contribution >= 0.6 is 22.6 Å². The zero-order valence-corrected chi connectivity index (χ0v) is 12.3. The normalized spacial score (nSPS) is 9.85. The van der Waals surface area contributed by atoms with Crippen molar-refractivity contribution in [1.29, 1.82) is 0 Å². The smallest absolute Gasteiger partial charge is 0.337 e. The number of carbonyl (C=O) groups is 2. The number of anilines is 2. The van der Waals surface area contributed by atoms with E-state index in [0.717, 1.165) is 3.57 Å². The van der Waals surface area contributed by atoms with Crippen LogP contribution in [-0.2, 0) is 0 Å². The third-order valence-electron chi connectivity index (χ3n) is 2.37. The van der Waals surface area contributed by atoms with Gasteiger partial charge in [0.2, 0.25) is 0 Å². The van der Waals surface area contributed by atoms with Gasteiger partial charge in [-0.1, -0.05) is 12.1 Å². The molecule has 0 radical (unpaired) electrons. The largest absolute Gasteiger partial charge is 0.478 e. The number of rotatable bonds is 3. The number of halogens is 1. The minimum atomic E-state index is -1.10. The van der Waals surface area contributed by atoms with Crippen LogP contribution in [0.3, 0.4) is 0 Å². The van der Waals surface area contributed by atoms with E-state index in [0.29, 0.717) is 11.4 Å². The molecule has 0 saturated heterocycles. The number of carboxylic acids is 1. The van der Waals surface area contributed by atoms with Crippen LogP contribution in [0, 0.1) is 3.57 Å². The number of nitrogens with zero attached hydrogens (tertiary/aromatic N) is 1. The molecule has 0 atom stereocenters. The van der Waals surface area contributed by atoms with Crippen molar-refractivity contribution >= 4 is 46.0 Å². The lowest BCUT2D eigenvalue weighted by molar-refractivity contribution is 0.0696. The molecule has 0 saturated carbocycles. The van der Waals surface area contributed by atoms with Crippen LogP contribution in [0.25, 0.3) is 0 Å². The van der Waals surface area contributed by atoms with Crippen LogP contribution < -0.4 is 10.6 Å². The molecule has 0 spiro atoms. The van der Waals surface area contributed by atoms with E-state index in [1.165, 1.54) is 18.5 Å². The van der Waals surface area contributed by atoms with Gasteiger partial charge in [-0.15, -0.1) is 0 Å². The second-order valence-electron chi connectivity index (χ2n) is 3.83. The number of nitrogens with one attached hydrogen (secondary N) is 2. The second-order valence-corrected chi connectivity index (χ2v) is 4.99. The Bertz CT molecular complexity index is 661. The van der Waals surface area contributed by atoms with Crippen molar-refractivity contribution in [3.8, 4) is 0 Å². The van der Waals surface area contributed by atoms with Crippen molar-refractivity contribution in [2.45, 2.75) is 0 Å². The topological polar surface area (TPSA) is 91.3 Å². The van der Waals surface area contributed by atoms with E-state index in [1.54, 1.807) is 6.07 Å². The monoisotopic (exact) mass is 383 g/mol. The maximum atomic E-state index is 11.8. The number of benzene rings is 1. The summed E-state index contributed by atoms with van der Waals surface area (Å²) in [5.41, 5.74) is 0.998. The first-order chi connectivity index (χ1) is 9.56.